The fourth-order valence-corrected chi connectivity index (χ4v) is 2.39. The highest BCUT2D eigenvalue weighted by Gasteiger charge is 2.22. The van der Waals surface area contributed by atoms with E-state index in [4.69, 9.17) is 10.5 Å². The molecule has 1 aromatic rings. The van der Waals surface area contributed by atoms with E-state index in [-0.39, 0.29) is 0 Å². The number of benzene rings is 1. The maximum atomic E-state index is 8.85. The Morgan fingerprint density at radius 1 is 1.18 bits per heavy atom. The molecule has 1 aliphatic heterocycles. The molecule has 3 nitrogen and oxygen atoms in total. The van der Waals surface area contributed by atoms with Gasteiger partial charge in [0.15, 0.2) is 0 Å². The molecule has 1 aromatic carbocycles. The number of piperidine rings is 1. The molecule has 1 unspecified atom stereocenters. The summed E-state index contributed by atoms with van der Waals surface area (Å²) in [4.78, 5) is 2.30. The second-order valence-corrected chi connectivity index (χ2v) is 4.36. The first-order valence-corrected chi connectivity index (χ1v) is 5.99. The number of rotatable bonds is 2. The summed E-state index contributed by atoms with van der Waals surface area (Å²) in [5.74, 6) is 0. The van der Waals surface area contributed by atoms with Gasteiger partial charge in [-0.15, -0.1) is 0 Å². The van der Waals surface area contributed by atoms with Crippen molar-refractivity contribution in [2.24, 2.45) is 0 Å². The van der Waals surface area contributed by atoms with Crippen LogP contribution in [0.3, 0.4) is 0 Å². The summed E-state index contributed by atoms with van der Waals surface area (Å²) in [5, 5.41) is 17.6. The minimum atomic E-state index is 0.335. The smallest absolute Gasteiger partial charge is 0.0991 e. The molecular formula is C14H15N3. The van der Waals surface area contributed by atoms with Crippen LogP contribution < -0.4 is 4.90 Å². The van der Waals surface area contributed by atoms with Crippen molar-refractivity contribution in [2.75, 3.05) is 11.4 Å². The molecule has 0 saturated carbocycles. The summed E-state index contributed by atoms with van der Waals surface area (Å²) >= 11 is 0. The highest BCUT2D eigenvalue weighted by atomic mass is 15.2. The van der Waals surface area contributed by atoms with Crippen molar-refractivity contribution in [1.29, 1.82) is 10.5 Å². The van der Waals surface area contributed by atoms with Gasteiger partial charge < -0.3 is 4.90 Å². The first-order valence-electron chi connectivity index (χ1n) is 5.99. The SMILES string of the molecule is N#CCC1CCCCN1c1ccc(C#N)cc1. The molecule has 0 N–H and O–H groups in total. The molecule has 1 atom stereocenters. The molecule has 1 aliphatic rings. The van der Waals surface area contributed by atoms with Crippen molar-refractivity contribution in [2.45, 2.75) is 31.7 Å². The Balaban J connectivity index is 2.18. The summed E-state index contributed by atoms with van der Waals surface area (Å²) in [6.45, 7) is 1.01. The van der Waals surface area contributed by atoms with Crippen LogP contribution in [-0.4, -0.2) is 12.6 Å². The van der Waals surface area contributed by atoms with Crippen LogP contribution in [0, 0.1) is 22.7 Å². The average molecular weight is 225 g/mol. The van der Waals surface area contributed by atoms with Gasteiger partial charge in [0.25, 0.3) is 0 Å². The molecule has 0 amide bonds. The van der Waals surface area contributed by atoms with Crippen molar-refractivity contribution >= 4 is 5.69 Å². The van der Waals surface area contributed by atoms with Crippen LogP contribution in [0.25, 0.3) is 0 Å². The lowest BCUT2D eigenvalue weighted by Gasteiger charge is -2.36. The van der Waals surface area contributed by atoms with E-state index >= 15 is 0 Å². The monoisotopic (exact) mass is 225 g/mol. The Labute approximate surface area is 102 Å². The first kappa shape index (κ1) is 11.5. The average Bonchev–Trinajstić information content (AvgIpc) is 2.40. The molecule has 0 aromatic heterocycles. The standard InChI is InChI=1S/C14H15N3/c15-9-8-13-3-1-2-10-17(13)14-6-4-12(11-16)5-7-14/h4-7,13H,1-3,8,10H2. The lowest BCUT2D eigenvalue weighted by Crippen LogP contribution is -2.39. The van der Waals surface area contributed by atoms with E-state index in [2.05, 4.69) is 17.0 Å². The van der Waals surface area contributed by atoms with Crippen LogP contribution in [0.5, 0.6) is 0 Å². The van der Waals surface area contributed by atoms with Crippen LogP contribution in [0.15, 0.2) is 24.3 Å². The fraction of sp³-hybridized carbons (Fsp3) is 0.429. The lowest BCUT2D eigenvalue weighted by atomic mass is 9.99. The zero-order valence-corrected chi connectivity index (χ0v) is 9.76. The number of nitriles is 2. The van der Waals surface area contributed by atoms with Gasteiger partial charge in [-0.05, 0) is 43.5 Å². The second-order valence-electron chi connectivity index (χ2n) is 4.36. The fourth-order valence-electron chi connectivity index (χ4n) is 2.39. The van der Waals surface area contributed by atoms with Gasteiger partial charge in [0.1, 0.15) is 0 Å². The van der Waals surface area contributed by atoms with Crippen LogP contribution in [0.1, 0.15) is 31.2 Å². The third-order valence-corrected chi connectivity index (χ3v) is 3.28. The van der Waals surface area contributed by atoms with Gasteiger partial charge >= 0.3 is 0 Å². The number of anilines is 1. The van der Waals surface area contributed by atoms with E-state index in [9.17, 15) is 0 Å². The molecule has 0 aliphatic carbocycles. The summed E-state index contributed by atoms with van der Waals surface area (Å²) in [6.07, 6.45) is 4.06. The molecule has 86 valence electrons. The van der Waals surface area contributed by atoms with E-state index in [0.29, 0.717) is 18.0 Å². The molecule has 17 heavy (non-hydrogen) atoms. The van der Waals surface area contributed by atoms with Crippen LogP contribution >= 0.6 is 0 Å². The predicted octanol–water partition coefficient (Wildman–Crippen LogP) is 2.83. The van der Waals surface area contributed by atoms with E-state index < -0.39 is 0 Å². The molecule has 1 fully saturated rings. The third-order valence-electron chi connectivity index (χ3n) is 3.28. The Morgan fingerprint density at radius 2 is 1.94 bits per heavy atom. The van der Waals surface area contributed by atoms with Crippen molar-refractivity contribution in [1.82, 2.24) is 0 Å². The zero-order valence-electron chi connectivity index (χ0n) is 9.76. The molecule has 1 heterocycles. The highest BCUT2D eigenvalue weighted by molar-refractivity contribution is 5.51. The molecular weight excluding hydrogens is 210 g/mol. The number of nitrogens with zero attached hydrogens (tertiary/aromatic N) is 3. The number of hydrogen-bond donors (Lipinski definition) is 0. The van der Waals surface area contributed by atoms with Crippen molar-refractivity contribution in [3.05, 3.63) is 29.8 Å². The summed E-state index contributed by atoms with van der Waals surface area (Å²) in [5.41, 5.74) is 1.81. The summed E-state index contributed by atoms with van der Waals surface area (Å²) in [7, 11) is 0. The Morgan fingerprint density at radius 3 is 2.59 bits per heavy atom. The van der Waals surface area contributed by atoms with E-state index in [0.717, 1.165) is 18.7 Å². The molecule has 0 bridgehead atoms. The van der Waals surface area contributed by atoms with Gasteiger partial charge in [-0.1, -0.05) is 0 Å². The van der Waals surface area contributed by atoms with Gasteiger partial charge in [-0.2, -0.15) is 10.5 Å². The van der Waals surface area contributed by atoms with Crippen LogP contribution in [0.4, 0.5) is 5.69 Å². The maximum absolute atomic E-state index is 8.85. The zero-order chi connectivity index (χ0) is 12.1. The van der Waals surface area contributed by atoms with Crippen LogP contribution in [-0.2, 0) is 0 Å². The van der Waals surface area contributed by atoms with Gasteiger partial charge in [-0.3, -0.25) is 0 Å². The molecule has 0 radical (unpaired) electrons. The maximum Gasteiger partial charge on any atom is 0.0991 e. The minimum absolute atomic E-state index is 0.335. The normalized spacial score (nSPS) is 19.4. The number of hydrogen-bond acceptors (Lipinski definition) is 3. The van der Waals surface area contributed by atoms with E-state index in [1.807, 2.05) is 24.3 Å². The molecule has 3 heteroatoms. The van der Waals surface area contributed by atoms with Crippen molar-refractivity contribution < 1.29 is 0 Å². The second kappa shape index (κ2) is 5.37. The quantitative estimate of drug-likeness (QED) is 0.777. The molecule has 2 rings (SSSR count). The van der Waals surface area contributed by atoms with Crippen molar-refractivity contribution in [3.8, 4) is 12.1 Å². The molecule has 0 spiro atoms. The topological polar surface area (TPSA) is 50.8 Å². The Bertz CT molecular complexity index is 450. The third kappa shape index (κ3) is 2.57. The summed E-state index contributed by atoms with van der Waals surface area (Å²) < 4.78 is 0. The van der Waals surface area contributed by atoms with Gasteiger partial charge in [0.05, 0.1) is 24.1 Å². The first-order chi connectivity index (χ1) is 8.35. The highest BCUT2D eigenvalue weighted by Crippen LogP contribution is 2.26. The van der Waals surface area contributed by atoms with Crippen molar-refractivity contribution in [3.63, 3.8) is 0 Å². The molecule has 1 saturated heterocycles. The Hall–Kier alpha value is -2.00. The van der Waals surface area contributed by atoms with E-state index in [1.165, 1.54) is 12.8 Å². The van der Waals surface area contributed by atoms with Gasteiger partial charge in [-0.25, -0.2) is 0 Å². The van der Waals surface area contributed by atoms with Gasteiger partial charge in [0.2, 0.25) is 0 Å². The lowest BCUT2D eigenvalue weighted by molar-refractivity contribution is 0.464. The largest absolute Gasteiger partial charge is 0.368 e. The van der Waals surface area contributed by atoms with Gasteiger partial charge in [0, 0.05) is 18.3 Å². The Kier molecular flexibility index (Phi) is 3.62. The van der Waals surface area contributed by atoms with E-state index in [1.54, 1.807) is 0 Å². The minimum Gasteiger partial charge on any atom is -0.368 e. The van der Waals surface area contributed by atoms with Crippen LogP contribution in [0.2, 0.25) is 0 Å². The summed E-state index contributed by atoms with van der Waals surface area (Å²) in [6, 6.07) is 12.4. The predicted molar refractivity (Wildman–Crippen MR) is 66.4 cm³/mol.